The van der Waals surface area contributed by atoms with Gasteiger partial charge in [-0.1, -0.05) is 17.7 Å². The van der Waals surface area contributed by atoms with E-state index in [0.29, 0.717) is 5.41 Å². The van der Waals surface area contributed by atoms with Crippen LogP contribution in [0.4, 0.5) is 4.39 Å². The maximum Gasteiger partial charge on any atom is 0.141 e. The van der Waals surface area contributed by atoms with Crippen molar-refractivity contribution in [3.05, 3.63) is 34.6 Å². The van der Waals surface area contributed by atoms with Gasteiger partial charge in [0, 0.05) is 6.54 Å². The maximum absolute atomic E-state index is 12.9. The molecule has 1 aromatic rings. The fraction of sp³-hybridized carbons (Fsp3) is 0.538. The van der Waals surface area contributed by atoms with E-state index in [9.17, 15) is 4.39 Å². The highest BCUT2D eigenvalue weighted by Gasteiger charge is 2.40. The van der Waals surface area contributed by atoms with Gasteiger partial charge in [-0.2, -0.15) is 0 Å². The first-order valence-corrected chi connectivity index (χ1v) is 6.38. The molecule has 17 heavy (non-hydrogen) atoms. The van der Waals surface area contributed by atoms with E-state index in [1.165, 1.54) is 18.9 Å². The predicted octanol–water partition coefficient (Wildman–Crippen LogP) is 2.35. The van der Waals surface area contributed by atoms with Gasteiger partial charge in [0.2, 0.25) is 0 Å². The molecular weight excluding hydrogens is 239 g/mol. The second kappa shape index (κ2) is 5.34. The van der Waals surface area contributed by atoms with Gasteiger partial charge in [-0.3, -0.25) is 0 Å². The third kappa shape index (κ3) is 3.41. The summed E-state index contributed by atoms with van der Waals surface area (Å²) in [4.78, 5) is 0. The SMILES string of the molecule is NCC1(CNCCc2ccc(F)c(Cl)c2)CC1. The Morgan fingerprint density at radius 1 is 1.41 bits per heavy atom. The predicted molar refractivity (Wildman–Crippen MR) is 68.7 cm³/mol. The zero-order valence-corrected chi connectivity index (χ0v) is 10.6. The molecule has 0 radical (unpaired) electrons. The minimum Gasteiger partial charge on any atom is -0.330 e. The molecule has 94 valence electrons. The summed E-state index contributed by atoms with van der Waals surface area (Å²) >= 11 is 5.72. The van der Waals surface area contributed by atoms with Crippen LogP contribution in [-0.4, -0.2) is 19.6 Å². The van der Waals surface area contributed by atoms with E-state index in [1.807, 2.05) is 0 Å². The highest BCUT2D eigenvalue weighted by molar-refractivity contribution is 6.30. The summed E-state index contributed by atoms with van der Waals surface area (Å²) in [5, 5.41) is 3.60. The molecule has 0 spiro atoms. The van der Waals surface area contributed by atoms with Crippen LogP contribution in [0.25, 0.3) is 0 Å². The molecule has 1 fully saturated rings. The van der Waals surface area contributed by atoms with E-state index >= 15 is 0 Å². The molecule has 0 saturated heterocycles. The fourth-order valence-corrected chi connectivity index (χ4v) is 2.11. The first-order chi connectivity index (χ1) is 8.15. The Balaban J connectivity index is 1.73. The monoisotopic (exact) mass is 256 g/mol. The molecule has 3 N–H and O–H groups in total. The Labute approximate surface area is 106 Å². The van der Waals surface area contributed by atoms with Crippen LogP contribution in [-0.2, 0) is 6.42 Å². The van der Waals surface area contributed by atoms with Crippen molar-refractivity contribution < 1.29 is 4.39 Å². The fourth-order valence-electron chi connectivity index (χ4n) is 1.91. The van der Waals surface area contributed by atoms with E-state index in [0.717, 1.165) is 31.6 Å². The molecule has 0 heterocycles. The smallest absolute Gasteiger partial charge is 0.141 e. The highest BCUT2D eigenvalue weighted by atomic mass is 35.5. The molecule has 0 amide bonds. The summed E-state index contributed by atoms with van der Waals surface area (Å²) in [5.41, 5.74) is 7.12. The van der Waals surface area contributed by atoms with E-state index in [1.54, 1.807) is 12.1 Å². The lowest BCUT2D eigenvalue weighted by Crippen LogP contribution is -2.30. The van der Waals surface area contributed by atoms with Crippen LogP contribution >= 0.6 is 11.6 Å². The van der Waals surface area contributed by atoms with Crippen molar-refractivity contribution in [3.63, 3.8) is 0 Å². The van der Waals surface area contributed by atoms with Gasteiger partial charge in [-0.25, -0.2) is 4.39 Å². The van der Waals surface area contributed by atoms with Gasteiger partial charge in [0.05, 0.1) is 5.02 Å². The van der Waals surface area contributed by atoms with Gasteiger partial charge < -0.3 is 11.1 Å². The minimum atomic E-state index is -0.358. The van der Waals surface area contributed by atoms with Crippen molar-refractivity contribution in [1.82, 2.24) is 5.32 Å². The van der Waals surface area contributed by atoms with Crippen molar-refractivity contribution in [1.29, 1.82) is 0 Å². The third-order valence-corrected chi connectivity index (χ3v) is 3.75. The van der Waals surface area contributed by atoms with Crippen LogP contribution in [0, 0.1) is 11.2 Å². The van der Waals surface area contributed by atoms with Crippen molar-refractivity contribution >= 4 is 11.6 Å². The number of hydrogen-bond acceptors (Lipinski definition) is 2. The molecule has 0 aliphatic heterocycles. The Hall–Kier alpha value is -0.640. The summed E-state index contributed by atoms with van der Waals surface area (Å²) in [6.45, 7) is 2.63. The topological polar surface area (TPSA) is 38.0 Å². The van der Waals surface area contributed by atoms with Gasteiger partial charge in [-0.05, 0) is 55.5 Å². The van der Waals surface area contributed by atoms with Crippen LogP contribution in [0.5, 0.6) is 0 Å². The molecule has 0 unspecified atom stereocenters. The number of rotatable bonds is 6. The summed E-state index contributed by atoms with van der Waals surface area (Å²) in [6.07, 6.45) is 3.33. The third-order valence-electron chi connectivity index (χ3n) is 3.46. The van der Waals surface area contributed by atoms with Crippen LogP contribution < -0.4 is 11.1 Å². The van der Waals surface area contributed by atoms with Gasteiger partial charge in [0.25, 0.3) is 0 Å². The standard InChI is InChI=1S/C13H18ClFN2/c14-11-7-10(1-2-12(11)15)3-6-17-9-13(8-16)4-5-13/h1-2,7,17H,3-6,8-9,16H2. The average Bonchev–Trinajstić information content (AvgIpc) is 3.10. The Morgan fingerprint density at radius 2 is 2.18 bits per heavy atom. The summed E-state index contributed by atoms with van der Waals surface area (Å²) in [7, 11) is 0. The first-order valence-electron chi connectivity index (χ1n) is 6.00. The molecule has 2 nitrogen and oxygen atoms in total. The molecule has 4 heteroatoms. The zero-order valence-electron chi connectivity index (χ0n) is 9.81. The van der Waals surface area contributed by atoms with Gasteiger partial charge in [0.15, 0.2) is 0 Å². The maximum atomic E-state index is 12.9. The van der Waals surface area contributed by atoms with E-state index < -0.39 is 0 Å². The molecule has 0 bridgehead atoms. The molecule has 2 rings (SSSR count). The summed E-state index contributed by atoms with van der Waals surface area (Å²) in [5.74, 6) is -0.358. The lowest BCUT2D eigenvalue weighted by Gasteiger charge is -2.13. The molecule has 1 aliphatic carbocycles. The van der Waals surface area contributed by atoms with Crippen molar-refractivity contribution in [2.24, 2.45) is 11.1 Å². The Bertz CT molecular complexity index is 391. The van der Waals surface area contributed by atoms with Crippen molar-refractivity contribution in [2.75, 3.05) is 19.6 Å². The molecular formula is C13H18ClFN2. The van der Waals surface area contributed by atoms with Crippen LogP contribution in [0.1, 0.15) is 18.4 Å². The molecule has 0 atom stereocenters. The first kappa shape index (κ1) is 12.8. The number of nitrogens with two attached hydrogens (primary N) is 1. The number of benzene rings is 1. The van der Waals surface area contributed by atoms with Gasteiger partial charge in [-0.15, -0.1) is 0 Å². The van der Waals surface area contributed by atoms with E-state index in [4.69, 9.17) is 17.3 Å². The van der Waals surface area contributed by atoms with E-state index in [2.05, 4.69) is 5.32 Å². The average molecular weight is 257 g/mol. The van der Waals surface area contributed by atoms with E-state index in [-0.39, 0.29) is 10.8 Å². The second-order valence-corrected chi connectivity index (χ2v) is 5.29. The molecule has 1 aliphatic rings. The molecule has 1 aromatic carbocycles. The zero-order chi connectivity index (χ0) is 12.3. The summed E-state index contributed by atoms with van der Waals surface area (Å²) < 4.78 is 12.9. The van der Waals surface area contributed by atoms with Gasteiger partial charge in [0.1, 0.15) is 5.82 Å². The normalized spacial score (nSPS) is 17.1. The van der Waals surface area contributed by atoms with Crippen molar-refractivity contribution in [3.8, 4) is 0 Å². The second-order valence-electron chi connectivity index (χ2n) is 4.88. The van der Waals surface area contributed by atoms with Gasteiger partial charge >= 0.3 is 0 Å². The molecule has 1 saturated carbocycles. The largest absolute Gasteiger partial charge is 0.330 e. The number of nitrogens with one attached hydrogen (secondary N) is 1. The minimum absolute atomic E-state index is 0.197. The van der Waals surface area contributed by atoms with Crippen LogP contribution in [0.15, 0.2) is 18.2 Å². The summed E-state index contributed by atoms with van der Waals surface area (Å²) in [6, 6.07) is 4.88. The Morgan fingerprint density at radius 3 is 2.76 bits per heavy atom. The molecule has 0 aromatic heterocycles. The Kier molecular flexibility index (Phi) is 4.02. The number of hydrogen-bond donors (Lipinski definition) is 2. The van der Waals surface area contributed by atoms with Crippen LogP contribution in [0.2, 0.25) is 5.02 Å². The number of halogens is 2. The van der Waals surface area contributed by atoms with Crippen LogP contribution in [0.3, 0.4) is 0 Å². The lowest BCUT2D eigenvalue weighted by atomic mass is 10.1. The lowest BCUT2D eigenvalue weighted by molar-refractivity contribution is 0.470. The quantitative estimate of drug-likeness (QED) is 0.767. The van der Waals surface area contributed by atoms with Crippen molar-refractivity contribution in [2.45, 2.75) is 19.3 Å². The highest BCUT2D eigenvalue weighted by Crippen LogP contribution is 2.43.